The lowest BCUT2D eigenvalue weighted by Crippen LogP contribution is -2.13. The van der Waals surface area contributed by atoms with Gasteiger partial charge in [0.15, 0.2) is 0 Å². The lowest BCUT2D eigenvalue weighted by molar-refractivity contribution is -0.115. The molecule has 10 heteroatoms. The maximum absolute atomic E-state index is 12.6. The van der Waals surface area contributed by atoms with Gasteiger partial charge in [-0.1, -0.05) is 11.8 Å². The van der Waals surface area contributed by atoms with Crippen LogP contribution >= 0.6 is 34.9 Å². The first-order chi connectivity index (χ1) is 15.0. The third kappa shape index (κ3) is 5.67. The first kappa shape index (κ1) is 22.3. The number of carbonyl (C=O) groups excluding carboxylic acids is 1. The molecule has 0 radical (unpaired) electrons. The molecule has 0 atom stereocenters. The summed E-state index contributed by atoms with van der Waals surface area (Å²) in [7, 11) is 0. The van der Waals surface area contributed by atoms with Gasteiger partial charge in [-0.2, -0.15) is 20.5 Å². The van der Waals surface area contributed by atoms with E-state index < -0.39 is 5.76 Å². The number of benzene rings is 1. The zero-order valence-corrected chi connectivity index (χ0v) is 19.0. The van der Waals surface area contributed by atoms with Gasteiger partial charge in [0, 0.05) is 27.6 Å². The van der Waals surface area contributed by atoms with Crippen molar-refractivity contribution >= 4 is 56.7 Å². The van der Waals surface area contributed by atoms with Gasteiger partial charge in [0.1, 0.15) is 10.7 Å². The van der Waals surface area contributed by atoms with Crippen LogP contribution in [0, 0.1) is 0 Å². The van der Waals surface area contributed by atoms with Crippen molar-refractivity contribution in [2.75, 3.05) is 11.1 Å². The van der Waals surface area contributed by atoms with Gasteiger partial charge < -0.3 is 10.3 Å². The van der Waals surface area contributed by atoms with E-state index in [-0.39, 0.29) is 11.5 Å². The molecular formula is C21H21F2N3O2S3. The smallest absolute Gasteiger partial charge is 0.288 e. The first-order valence-corrected chi connectivity index (χ1v) is 12.8. The van der Waals surface area contributed by atoms with E-state index in [4.69, 9.17) is 0 Å². The van der Waals surface area contributed by atoms with Gasteiger partial charge in [-0.05, 0) is 55.5 Å². The summed E-state index contributed by atoms with van der Waals surface area (Å²) >= 11 is 3.63. The quantitative estimate of drug-likeness (QED) is 0.331. The standard InChI is InChI=1S/C21H21F2N3O2S3/c22-21(23)30-13-7-5-12(6-8-13)24-17(27)9-10-29-11-16-25-19(28)18-14-3-1-2-4-15(14)31-20(18)26-16/h5-8,21H,1-4,9-11H2,(H,24,27)(H,25,26,28). The van der Waals surface area contributed by atoms with Crippen molar-refractivity contribution in [1.82, 2.24) is 9.97 Å². The molecule has 164 valence electrons. The van der Waals surface area contributed by atoms with Crippen molar-refractivity contribution in [1.29, 1.82) is 0 Å². The van der Waals surface area contributed by atoms with E-state index in [2.05, 4.69) is 15.3 Å². The number of carbonyl (C=O) groups is 1. The SMILES string of the molecule is O=C(CCSCc1nc2sc3c(c2c(=O)[nH]1)CCCC3)Nc1ccc(SC(F)F)cc1. The number of hydrogen-bond donors (Lipinski definition) is 2. The van der Waals surface area contributed by atoms with Crippen molar-refractivity contribution in [3.05, 3.63) is 50.9 Å². The van der Waals surface area contributed by atoms with Crippen molar-refractivity contribution in [2.45, 2.75) is 48.5 Å². The number of thiophene rings is 1. The minimum atomic E-state index is -2.46. The second-order valence-electron chi connectivity index (χ2n) is 7.16. The van der Waals surface area contributed by atoms with Crippen molar-refractivity contribution in [3.63, 3.8) is 0 Å². The second kappa shape index (κ2) is 10.1. The molecule has 2 N–H and O–H groups in total. The number of aromatic amines is 1. The number of anilines is 1. The van der Waals surface area contributed by atoms with Crippen LogP contribution in [0.3, 0.4) is 0 Å². The number of amides is 1. The third-order valence-electron chi connectivity index (χ3n) is 4.95. The number of alkyl halides is 2. The summed E-state index contributed by atoms with van der Waals surface area (Å²) in [5.74, 6) is -0.875. The minimum absolute atomic E-state index is 0.0637. The average molecular weight is 482 g/mol. The predicted molar refractivity (Wildman–Crippen MR) is 125 cm³/mol. The molecule has 1 aliphatic carbocycles. The Morgan fingerprint density at radius 1 is 1.23 bits per heavy atom. The number of rotatable bonds is 8. The van der Waals surface area contributed by atoms with Crippen molar-refractivity contribution in [3.8, 4) is 0 Å². The normalized spacial score (nSPS) is 13.5. The average Bonchev–Trinajstić information content (AvgIpc) is 3.11. The summed E-state index contributed by atoms with van der Waals surface area (Å²) in [6.45, 7) is 0. The molecule has 0 fully saturated rings. The Bertz CT molecular complexity index is 1130. The Balaban J connectivity index is 1.27. The highest BCUT2D eigenvalue weighted by atomic mass is 32.2. The van der Waals surface area contributed by atoms with E-state index in [0.29, 0.717) is 46.1 Å². The molecule has 0 bridgehead atoms. The van der Waals surface area contributed by atoms with Crippen LogP contribution in [0.4, 0.5) is 14.5 Å². The molecule has 0 spiro atoms. The highest BCUT2D eigenvalue weighted by Crippen LogP contribution is 2.33. The van der Waals surface area contributed by atoms with Crippen LogP contribution in [0.2, 0.25) is 0 Å². The van der Waals surface area contributed by atoms with E-state index in [1.807, 2.05) is 0 Å². The van der Waals surface area contributed by atoms with E-state index in [1.54, 1.807) is 35.6 Å². The maximum atomic E-state index is 12.6. The molecule has 5 nitrogen and oxygen atoms in total. The van der Waals surface area contributed by atoms with Crippen LogP contribution < -0.4 is 10.9 Å². The number of thioether (sulfide) groups is 2. The summed E-state index contributed by atoms with van der Waals surface area (Å²) < 4.78 is 24.7. The summed E-state index contributed by atoms with van der Waals surface area (Å²) in [5, 5.41) is 3.52. The number of H-pyrrole nitrogens is 1. The zero-order chi connectivity index (χ0) is 21.8. The Hall–Kier alpha value is -1.91. The highest BCUT2D eigenvalue weighted by Gasteiger charge is 2.19. The molecular weight excluding hydrogens is 460 g/mol. The van der Waals surface area contributed by atoms with Gasteiger partial charge in [0.25, 0.3) is 11.3 Å². The molecule has 1 aliphatic rings. The minimum Gasteiger partial charge on any atom is -0.326 e. The largest absolute Gasteiger partial charge is 0.326 e. The number of aromatic nitrogens is 2. The van der Waals surface area contributed by atoms with Crippen molar-refractivity contribution < 1.29 is 13.6 Å². The Labute approximate surface area is 190 Å². The maximum Gasteiger partial charge on any atom is 0.288 e. The molecule has 3 aromatic rings. The lowest BCUT2D eigenvalue weighted by atomic mass is 9.97. The topological polar surface area (TPSA) is 74.8 Å². The van der Waals surface area contributed by atoms with Crippen LogP contribution in [0.1, 0.15) is 35.5 Å². The molecule has 0 saturated carbocycles. The molecule has 4 rings (SSSR count). The third-order valence-corrected chi connectivity index (χ3v) is 7.83. The summed E-state index contributed by atoms with van der Waals surface area (Å²) in [4.78, 5) is 34.8. The molecule has 2 heterocycles. The van der Waals surface area contributed by atoms with Crippen LogP contribution in [0.5, 0.6) is 0 Å². The van der Waals surface area contributed by atoms with Gasteiger partial charge in [-0.25, -0.2) is 4.98 Å². The van der Waals surface area contributed by atoms with Crippen LogP contribution in [-0.2, 0) is 23.4 Å². The summed E-state index contributed by atoms with van der Waals surface area (Å²) in [6.07, 6.45) is 4.58. The first-order valence-electron chi connectivity index (χ1n) is 9.95. The van der Waals surface area contributed by atoms with Gasteiger partial charge in [0.05, 0.1) is 11.1 Å². The monoisotopic (exact) mass is 481 g/mol. The molecule has 0 saturated heterocycles. The van der Waals surface area contributed by atoms with Crippen LogP contribution in [0.15, 0.2) is 34.0 Å². The fraction of sp³-hybridized carbons (Fsp3) is 0.381. The van der Waals surface area contributed by atoms with Gasteiger partial charge >= 0.3 is 0 Å². The second-order valence-corrected chi connectivity index (χ2v) is 10.4. The van der Waals surface area contributed by atoms with E-state index in [0.717, 1.165) is 29.5 Å². The number of fused-ring (bicyclic) bond motifs is 3. The van der Waals surface area contributed by atoms with Gasteiger partial charge in [-0.15, -0.1) is 11.3 Å². The number of hydrogen-bond acceptors (Lipinski definition) is 6. The Morgan fingerprint density at radius 3 is 2.77 bits per heavy atom. The van der Waals surface area contributed by atoms with Gasteiger partial charge in [0.2, 0.25) is 5.91 Å². The molecule has 1 amide bonds. The van der Waals surface area contributed by atoms with E-state index in [1.165, 1.54) is 28.6 Å². The Kier molecular flexibility index (Phi) is 7.29. The Morgan fingerprint density at radius 2 is 2.00 bits per heavy atom. The molecule has 31 heavy (non-hydrogen) atoms. The summed E-state index contributed by atoms with van der Waals surface area (Å²) in [5.41, 5.74) is 1.69. The molecule has 0 unspecified atom stereocenters. The van der Waals surface area contributed by atoms with E-state index in [9.17, 15) is 18.4 Å². The molecule has 0 aliphatic heterocycles. The summed E-state index contributed by atoms with van der Waals surface area (Å²) in [6, 6.07) is 6.34. The number of nitrogens with zero attached hydrogens (tertiary/aromatic N) is 1. The fourth-order valence-electron chi connectivity index (χ4n) is 3.55. The van der Waals surface area contributed by atoms with Gasteiger partial charge in [-0.3, -0.25) is 9.59 Å². The fourth-order valence-corrected chi connectivity index (χ4v) is 6.14. The van der Waals surface area contributed by atoms with Crippen molar-refractivity contribution in [2.24, 2.45) is 0 Å². The number of aryl methyl sites for hydroxylation is 2. The van der Waals surface area contributed by atoms with Crippen LogP contribution in [0.25, 0.3) is 10.2 Å². The number of halogens is 2. The van der Waals surface area contributed by atoms with E-state index >= 15 is 0 Å². The zero-order valence-electron chi connectivity index (χ0n) is 16.6. The number of nitrogens with one attached hydrogen (secondary N) is 2. The lowest BCUT2D eigenvalue weighted by Gasteiger charge is -2.09. The predicted octanol–water partition coefficient (Wildman–Crippen LogP) is 5.44. The van der Waals surface area contributed by atoms with Crippen LogP contribution in [-0.4, -0.2) is 27.4 Å². The highest BCUT2D eigenvalue weighted by molar-refractivity contribution is 7.99. The molecule has 1 aromatic carbocycles. The molecule has 2 aromatic heterocycles.